The largest absolute Gasteiger partial charge is 0.482 e. The van der Waals surface area contributed by atoms with Crippen LogP contribution in [-0.2, 0) is 14.3 Å². The Morgan fingerprint density at radius 2 is 1.71 bits per heavy atom. The highest BCUT2D eigenvalue weighted by Crippen LogP contribution is 2.11. The number of carbonyl (C=O) groups is 2. The molecule has 6 heteroatoms. The van der Waals surface area contributed by atoms with Crippen LogP contribution in [-0.4, -0.2) is 25.1 Å². The molecule has 2 rings (SSSR count). The van der Waals surface area contributed by atoms with Crippen molar-refractivity contribution in [3.05, 3.63) is 59.7 Å². The number of benzene rings is 2. The van der Waals surface area contributed by atoms with E-state index in [-0.39, 0.29) is 13.2 Å². The number of ether oxygens (including phenoxy) is 2. The first kappa shape index (κ1) is 17.0. The summed E-state index contributed by atoms with van der Waals surface area (Å²) < 4.78 is 10.1. The third kappa shape index (κ3) is 5.46. The molecule has 0 radical (unpaired) electrons. The van der Waals surface area contributed by atoms with Gasteiger partial charge in [0.2, 0.25) is 0 Å². The van der Waals surface area contributed by atoms with Crippen LogP contribution < -0.4 is 10.1 Å². The zero-order chi connectivity index (χ0) is 17.4. The predicted molar refractivity (Wildman–Crippen MR) is 87.4 cm³/mol. The average molecular weight is 324 g/mol. The Bertz CT molecular complexity index is 746. The van der Waals surface area contributed by atoms with Crippen LogP contribution in [0.4, 0.5) is 5.69 Å². The molecule has 0 atom stereocenters. The van der Waals surface area contributed by atoms with E-state index in [9.17, 15) is 9.59 Å². The molecule has 2 aromatic rings. The summed E-state index contributed by atoms with van der Waals surface area (Å²) in [5.74, 6) is -0.640. The Labute approximate surface area is 139 Å². The number of nitrogens with one attached hydrogen (secondary N) is 1. The molecule has 0 aromatic heterocycles. The first-order chi connectivity index (χ1) is 11.6. The number of amides is 1. The highest BCUT2D eigenvalue weighted by atomic mass is 16.6. The van der Waals surface area contributed by atoms with Gasteiger partial charge in [-0.15, -0.1) is 0 Å². The van der Waals surface area contributed by atoms with Crippen molar-refractivity contribution in [3.8, 4) is 11.8 Å². The highest BCUT2D eigenvalue weighted by molar-refractivity contribution is 5.92. The third-order valence-corrected chi connectivity index (χ3v) is 3.04. The van der Waals surface area contributed by atoms with Crippen molar-refractivity contribution in [2.24, 2.45) is 0 Å². The van der Waals surface area contributed by atoms with Gasteiger partial charge in [0.05, 0.1) is 11.6 Å². The second kappa shape index (κ2) is 8.34. The van der Waals surface area contributed by atoms with Gasteiger partial charge in [0.15, 0.2) is 13.2 Å². The summed E-state index contributed by atoms with van der Waals surface area (Å²) in [5.41, 5.74) is 2.22. The fourth-order valence-electron chi connectivity index (χ4n) is 1.79. The number of hydrogen-bond donors (Lipinski definition) is 1. The molecular weight excluding hydrogens is 308 g/mol. The molecule has 6 nitrogen and oxygen atoms in total. The number of aryl methyl sites for hydroxylation is 1. The summed E-state index contributed by atoms with van der Waals surface area (Å²) in [6, 6.07) is 15.6. The van der Waals surface area contributed by atoms with Gasteiger partial charge in [-0.2, -0.15) is 5.26 Å². The lowest BCUT2D eigenvalue weighted by molar-refractivity contribution is -0.149. The number of hydrogen-bond acceptors (Lipinski definition) is 5. The van der Waals surface area contributed by atoms with E-state index in [1.54, 1.807) is 36.4 Å². The topological polar surface area (TPSA) is 88.4 Å². The molecule has 0 spiro atoms. The number of nitriles is 1. The minimum Gasteiger partial charge on any atom is -0.482 e. The van der Waals surface area contributed by atoms with Gasteiger partial charge in [-0.1, -0.05) is 17.7 Å². The quantitative estimate of drug-likeness (QED) is 0.824. The van der Waals surface area contributed by atoms with E-state index in [0.29, 0.717) is 17.0 Å². The number of esters is 1. The first-order valence-electron chi connectivity index (χ1n) is 7.22. The molecular formula is C18H16N2O4. The van der Waals surface area contributed by atoms with E-state index in [0.717, 1.165) is 5.56 Å². The summed E-state index contributed by atoms with van der Waals surface area (Å²) in [7, 11) is 0. The number of anilines is 1. The number of nitrogens with zero attached hydrogens (tertiary/aromatic N) is 1. The lowest BCUT2D eigenvalue weighted by Gasteiger charge is -2.08. The Morgan fingerprint density at radius 3 is 2.33 bits per heavy atom. The van der Waals surface area contributed by atoms with Gasteiger partial charge in [0, 0.05) is 5.69 Å². The molecule has 0 aliphatic rings. The highest BCUT2D eigenvalue weighted by Gasteiger charge is 2.09. The number of rotatable bonds is 6. The van der Waals surface area contributed by atoms with E-state index in [1.807, 2.05) is 25.1 Å². The molecule has 24 heavy (non-hydrogen) atoms. The zero-order valence-electron chi connectivity index (χ0n) is 13.1. The monoisotopic (exact) mass is 324 g/mol. The van der Waals surface area contributed by atoms with E-state index < -0.39 is 11.9 Å². The van der Waals surface area contributed by atoms with Gasteiger partial charge in [0.25, 0.3) is 5.91 Å². The molecule has 0 aliphatic heterocycles. The Balaban J connectivity index is 1.71. The van der Waals surface area contributed by atoms with Crippen molar-refractivity contribution in [2.45, 2.75) is 6.92 Å². The standard InChI is InChI=1S/C18H16N2O4/c1-13-2-6-15(7-3-13)20-17(21)11-24-18(22)12-23-16-8-4-14(10-19)5-9-16/h2-9H,11-12H2,1H3,(H,20,21). The van der Waals surface area contributed by atoms with Crippen LogP contribution in [0, 0.1) is 18.3 Å². The summed E-state index contributed by atoms with van der Waals surface area (Å²) in [4.78, 5) is 23.2. The normalized spacial score (nSPS) is 9.67. The van der Waals surface area contributed by atoms with Crippen LogP contribution in [0.5, 0.6) is 5.75 Å². The summed E-state index contributed by atoms with van der Waals surface area (Å²) in [6.45, 7) is 1.24. The van der Waals surface area contributed by atoms with E-state index >= 15 is 0 Å². The van der Waals surface area contributed by atoms with Gasteiger partial charge in [-0.3, -0.25) is 4.79 Å². The minimum absolute atomic E-state index is 0.316. The van der Waals surface area contributed by atoms with E-state index in [4.69, 9.17) is 14.7 Å². The Morgan fingerprint density at radius 1 is 1.04 bits per heavy atom. The van der Waals surface area contributed by atoms with E-state index in [1.165, 1.54) is 0 Å². The van der Waals surface area contributed by atoms with E-state index in [2.05, 4.69) is 5.32 Å². The zero-order valence-corrected chi connectivity index (χ0v) is 13.1. The predicted octanol–water partition coefficient (Wildman–Crippen LogP) is 2.43. The minimum atomic E-state index is -0.654. The molecule has 1 amide bonds. The Hall–Kier alpha value is -3.33. The molecule has 0 saturated carbocycles. The summed E-state index contributed by atoms with van der Waals surface area (Å²) in [5, 5.41) is 11.3. The maximum Gasteiger partial charge on any atom is 0.344 e. The second-order valence-corrected chi connectivity index (χ2v) is 5.00. The molecule has 122 valence electrons. The van der Waals surface area contributed by atoms with Crippen LogP contribution in [0.1, 0.15) is 11.1 Å². The van der Waals surface area contributed by atoms with Crippen molar-refractivity contribution >= 4 is 17.6 Å². The molecule has 2 aromatic carbocycles. The molecule has 0 fully saturated rings. The lowest BCUT2D eigenvalue weighted by Crippen LogP contribution is -2.23. The van der Waals surface area contributed by atoms with Crippen molar-refractivity contribution in [3.63, 3.8) is 0 Å². The second-order valence-electron chi connectivity index (χ2n) is 5.00. The molecule has 0 unspecified atom stereocenters. The first-order valence-corrected chi connectivity index (χ1v) is 7.22. The summed E-state index contributed by atoms with van der Waals surface area (Å²) in [6.07, 6.45) is 0. The van der Waals surface area contributed by atoms with Crippen LogP contribution >= 0.6 is 0 Å². The maximum atomic E-state index is 11.7. The van der Waals surface area contributed by atoms with Crippen LogP contribution in [0.25, 0.3) is 0 Å². The molecule has 1 N–H and O–H groups in total. The van der Waals surface area contributed by atoms with Crippen molar-refractivity contribution < 1.29 is 19.1 Å². The summed E-state index contributed by atoms with van der Waals surface area (Å²) >= 11 is 0. The van der Waals surface area contributed by atoms with Crippen molar-refractivity contribution in [1.82, 2.24) is 0 Å². The molecule has 0 saturated heterocycles. The smallest absolute Gasteiger partial charge is 0.344 e. The van der Waals surface area contributed by atoms with Crippen molar-refractivity contribution in [2.75, 3.05) is 18.5 Å². The molecule has 0 heterocycles. The molecule has 0 aliphatic carbocycles. The van der Waals surface area contributed by atoms with Crippen molar-refractivity contribution in [1.29, 1.82) is 5.26 Å². The fourth-order valence-corrected chi connectivity index (χ4v) is 1.79. The Kier molecular flexibility index (Phi) is 5.92. The van der Waals surface area contributed by atoms with Crippen LogP contribution in [0.3, 0.4) is 0 Å². The van der Waals surface area contributed by atoms with Crippen LogP contribution in [0.2, 0.25) is 0 Å². The lowest BCUT2D eigenvalue weighted by atomic mass is 10.2. The average Bonchev–Trinajstić information content (AvgIpc) is 2.60. The van der Waals surface area contributed by atoms with Gasteiger partial charge in [0.1, 0.15) is 5.75 Å². The van der Waals surface area contributed by atoms with Gasteiger partial charge < -0.3 is 14.8 Å². The number of carbonyl (C=O) groups excluding carboxylic acids is 2. The molecule has 0 bridgehead atoms. The van der Waals surface area contributed by atoms with Gasteiger partial charge in [-0.05, 0) is 43.3 Å². The van der Waals surface area contributed by atoms with Crippen LogP contribution in [0.15, 0.2) is 48.5 Å². The third-order valence-electron chi connectivity index (χ3n) is 3.04. The SMILES string of the molecule is Cc1ccc(NC(=O)COC(=O)COc2ccc(C#N)cc2)cc1. The van der Waals surface area contributed by atoms with Gasteiger partial charge >= 0.3 is 5.97 Å². The van der Waals surface area contributed by atoms with Gasteiger partial charge in [-0.25, -0.2) is 4.79 Å². The fraction of sp³-hybridized carbons (Fsp3) is 0.167. The maximum absolute atomic E-state index is 11.7.